The van der Waals surface area contributed by atoms with Crippen LogP contribution in [0.3, 0.4) is 0 Å². The number of carbonyl (C=O) groups is 1. The number of hydrogen-bond acceptors (Lipinski definition) is 3. The van der Waals surface area contributed by atoms with E-state index in [9.17, 15) is 4.79 Å². The number of ether oxygens (including phenoxy) is 1. The molecule has 0 bridgehead atoms. The van der Waals surface area contributed by atoms with E-state index in [1.165, 1.54) is 7.11 Å². The predicted molar refractivity (Wildman–Crippen MR) is 79.7 cm³/mol. The standard InChI is InChI=1S/C16H18N2O2/c1-11(12-7-4-3-5-8-12)18-16(19)13-9-6-10-14(17)15(13)20-2/h3-11H,17H2,1-2H3,(H,18,19)/t11-/m1/s1. The van der Waals surface area contributed by atoms with Crippen LogP contribution in [-0.2, 0) is 0 Å². The van der Waals surface area contributed by atoms with Crippen LogP contribution in [0.25, 0.3) is 0 Å². The van der Waals surface area contributed by atoms with Crippen molar-refractivity contribution < 1.29 is 9.53 Å². The molecule has 3 N–H and O–H groups in total. The van der Waals surface area contributed by atoms with Gasteiger partial charge in [0, 0.05) is 0 Å². The Kier molecular flexibility index (Phi) is 4.25. The van der Waals surface area contributed by atoms with Crippen molar-refractivity contribution in [3.05, 3.63) is 59.7 Å². The first-order valence-corrected chi connectivity index (χ1v) is 6.41. The second kappa shape index (κ2) is 6.10. The number of benzene rings is 2. The lowest BCUT2D eigenvalue weighted by molar-refractivity contribution is 0.0937. The number of rotatable bonds is 4. The van der Waals surface area contributed by atoms with Gasteiger partial charge in [-0.15, -0.1) is 0 Å². The Labute approximate surface area is 118 Å². The maximum Gasteiger partial charge on any atom is 0.255 e. The lowest BCUT2D eigenvalue weighted by Crippen LogP contribution is -2.27. The lowest BCUT2D eigenvalue weighted by atomic mass is 10.1. The molecule has 0 unspecified atom stereocenters. The smallest absolute Gasteiger partial charge is 0.255 e. The summed E-state index contributed by atoms with van der Waals surface area (Å²) in [4.78, 5) is 12.3. The Balaban J connectivity index is 2.19. The van der Waals surface area contributed by atoms with Gasteiger partial charge in [-0.2, -0.15) is 0 Å². The van der Waals surface area contributed by atoms with Crippen LogP contribution in [0, 0.1) is 0 Å². The summed E-state index contributed by atoms with van der Waals surface area (Å²) in [6.07, 6.45) is 0. The second-order valence-electron chi connectivity index (χ2n) is 4.53. The van der Waals surface area contributed by atoms with E-state index in [2.05, 4.69) is 5.32 Å². The predicted octanol–water partition coefficient (Wildman–Crippen LogP) is 2.77. The van der Waals surface area contributed by atoms with Gasteiger partial charge in [0.05, 0.1) is 24.4 Å². The third-order valence-electron chi connectivity index (χ3n) is 3.14. The van der Waals surface area contributed by atoms with Gasteiger partial charge in [0.15, 0.2) is 5.75 Å². The van der Waals surface area contributed by atoms with Crippen LogP contribution in [0.4, 0.5) is 5.69 Å². The fourth-order valence-corrected chi connectivity index (χ4v) is 2.06. The second-order valence-corrected chi connectivity index (χ2v) is 4.53. The molecule has 0 saturated heterocycles. The third kappa shape index (κ3) is 2.91. The van der Waals surface area contributed by atoms with Gasteiger partial charge in [-0.1, -0.05) is 36.4 Å². The molecule has 104 valence electrons. The number of nitrogens with two attached hydrogens (primary N) is 1. The van der Waals surface area contributed by atoms with Crippen molar-refractivity contribution in [3.8, 4) is 5.75 Å². The maximum absolute atomic E-state index is 12.3. The van der Waals surface area contributed by atoms with Crippen LogP contribution >= 0.6 is 0 Å². The number of methoxy groups -OCH3 is 1. The Morgan fingerprint density at radius 1 is 1.15 bits per heavy atom. The molecule has 20 heavy (non-hydrogen) atoms. The average molecular weight is 270 g/mol. The van der Waals surface area contributed by atoms with E-state index in [4.69, 9.17) is 10.5 Å². The highest BCUT2D eigenvalue weighted by molar-refractivity contribution is 5.98. The van der Waals surface area contributed by atoms with Crippen molar-refractivity contribution in [3.63, 3.8) is 0 Å². The lowest BCUT2D eigenvalue weighted by Gasteiger charge is -2.16. The van der Waals surface area contributed by atoms with Gasteiger partial charge >= 0.3 is 0 Å². The molecule has 4 heteroatoms. The maximum atomic E-state index is 12.3. The minimum atomic E-state index is -0.203. The van der Waals surface area contributed by atoms with E-state index >= 15 is 0 Å². The van der Waals surface area contributed by atoms with Crippen LogP contribution in [0.15, 0.2) is 48.5 Å². The quantitative estimate of drug-likeness (QED) is 0.840. The summed E-state index contributed by atoms with van der Waals surface area (Å²) >= 11 is 0. The molecule has 0 aromatic heterocycles. The van der Waals surface area contributed by atoms with Gasteiger partial charge in [-0.25, -0.2) is 0 Å². The Morgan fingerprint density at radius 2 is 1.85 bits per heavy atom. The Bertz CT molecular complexity index is 597. The summed E-state index contributed by atoms with van der Waals surface area (Å²) in [7, 11) is 1.50. The molecule has 1 amide bonds. The molecule has 2 aromatic rings. The topological polar surface area (TPSA) is 64.3 Å². The fraction of sp³-hybridized carbons (Fsp3) is 0.188. The molecule has 0 aliphatic heterocycles. The van der Waals surface area contributed by atoms with Crippen LogP contribution in [0.5, 0.6) is 5.75 Å². The van der Waals surface area contributed by atoms with Crippen molar-refractivity contribution in [2.45, 2.75) is 13.0 Å². The molecule has 2 aromatic carbocycles. The van der Waals surface area contributed by atoms with E-state index in [-0.39, 0.29) is 11.9 Å². The van der Waals surface area contributed by atoms with E-state index < -0.39 is 0 Å². The molecule has 0 aliphatic carbocycles. The Hall–Kier alpha value is -2.49. The largest absolute Gasteiger partial charge is 0.494 e. The van der Waals surface area contributed by atoms with Crippen LogP contribution in [0.1, 0.15) is 28.9 Å². The average Bonchev–Trinajstić information content (AvgIpc) is 2.47. The van der Waals surface area contributed by atoms with E-state index in [0.717, 1.165) is 5.56 Å². The molecular formula is C16H18N2O2. The normalized spacial score (nSPS) is 11.7. The van der Waals surface area contributed by atoms with Crippen molar-refractivity contribution in [1.29, 1.82) is 0 Å². The molecule has 4 nitrogen and oxygen atoms in total. The van der Waals surface area contributed by atoms with Gasteiger partial charge in [-0.05, 0) is 24.6 Å². The molecule has 0 fully saturated rings. The number of hydrogen-bond donors (Lipinski definition) is 2. The Morgan fingerprint density at radius 3 is 2.50 bits per heavy atom. The van der Waals surface area contributed by atoms with Gasteiger partial charge in [0.1, 0.15) is 0 Å². The van der Waals surface area contributed by atoms with E-state index in [1.807, 2.05) is 37.3 Å². The molecule has 0 spiro atoms. The summed E-state index contributed by atoms with van der Waals surface area (Å²) in [6.45, 7) is 1.94. The minimum absolute atomic E-state index is 0.0881. The summed E-state index contributed by atoms with van der Waals surface area (Å²) in [5.74, 6) is 0.204. The number of amides is 1. The van der Waals surface area contributed by atoms with Crippen molar-refractivity contribution >= 4 is 11.6 Å². The molecule has 0 heterocycles. The SMILES string of the molecule is COc1c(N)cccc1C(=O)N[C@H](C)c1ccccc1. The van der Waals surface area contributed by atoms with Crippen LogP contribution in [-0.4, -0.2) is 13.0 Å². The van der Waals surface area contributed by atoms with Gasteiger partial charge in [0.25, 0.3) is 5.91 Å². The highest BCUT2D eigenvalue weighted by atomic mass is 16.5. The molecule has 1 atom stereocenters. The zero-order chi connectivity index (χ0) is 14.5. The molecule has 0 saturated carbocycles. The van der Waals surface area contributed by atoms with E-state index in [0.29, 0.717) is 17.0 Å². The summed E-state index contributed by atoms with van der Waals surface area (Å²) < 4.78 is 5.20. The van der Waals surface area contributed by atoms with Gasteiger partial charge < -0.3 is 15.8 Å². The number of carbonyl (C=O) groups excluding carboxylic acids is 1. The van der Waals surface area contributed by atoms with Gasteiger partial charge in [-0.3, -0.25) is 4.79 Å². The number of para-hydroxylation sites is 1. The number of nitrogen functional groups attached to an aromatic ring is 1. The van der Waals surface area contributed by atoms with Gasteiger partial charge in [0.2, 0.25) is 0 Å². The summed E-state index contributed by atoms with van der Waals surface area (Å²) in [6, 6.07) is 14.8. The first-order chi connectivity index (χ1) is 9.63. The number of anilines is 1. The molecule has 0 aliphatic rings. The minimum Gasteiger partial charge on any atom is -0.494 e. The highest BCUT2D eigenvalue weighted by Gasteiger charge is 2.16. The fourth-order valence-electron chi connectivity index (χ4n) is 2.06. The first kappa shape index (κ1) is 13.9. The van der Waals surface area contributed by atoms with Crippen LogP contribution < -0.4 is 15.8 Å². The van der Waals surface area contributed by atoms with Crippen molar-refractivity contribution in [2.24, 2.45) is 0 Å². The monoisotopic (exact) mass is 270 g/mol. The zero-order valence-corrected chi connectivity index (χ0v) is 11.6. The highest BCUT2D eigenvalue weighted by Crippen LogP contribution is 2.26. The molecular weight excluding hydrogens is 252 g/mol. The summed E-state index contributed by atoms with van der Waals surface area (Å²) in [5.41, 5.74) is 7.74. The molecule has 2 rings (SSSR count). The van der Waals surface area contributed by atoms with Crippen LogP contribution in [0.2, 0.25) is 0 Å². The summed E-state index contributed by atoms with van der Waals surface area (Å²) in [5, 5.41) is 2.94. The van der Waals surface area contributed by atoms with E-state index in [1.54, 1.807) is 18.2 Å². The first-order valence-electron chi connectivity index (χ1n) is 6.41. The van der Waals surface area contributed by atoms with Crippen molar-refractivity contribution in [1.82, 2.24) is 5.32 Å². The third-order valence-corrected chi connectivity index (χ3v) is 3.14. The van der Waals surface area contributed by atoms with Crippen molar-refractivity contribution in [2.75, 3.05) is 12.8 Å². The molecule has 0 radical (unpaired) electrons. The zero-order valence-electron chi connectivity index (χ0n) is 11.6. The number of nitrogens with one attached hydrogen (secondary N) is 1.